The van der Waals surface area contributed by atoms with Crippen molar-refractivity contribution in [3.05, 3.63) is 36.2 Å². The maximum Gasteiger partial charge on any atom is 0.188 e. The highest BCUT2D eigenvalue weighted by molar-refractivity contribution is 6.14. The van der Waals surface area contributed by atoms with Crippen molar-refractivity contribution in [3.63, 3.8) is 0 Å². The fourth-order valence-corrected chi connectivity index (χ4v) is 2.41. The Morgan fingerprint density at radius 1 is 1.16 bits per heavy atom. The molecule has 2 aromatic heterocycles. The zero-order chi connectivity index (χ0) is 13.8. The first kappa shape index (κ1) is 12.0. The van der Waals surface area contributed by atoms with E-state index in [9.17, 15) is 4.79 Å². The molecule has 3 nitrogen and oxygen atoms in total. The van der Waals surface area contributed by atoms with Crippen molar-refractivity contribution in [1.29, 1.82) is 0 Å². The Hall–Kier alpha value is -2.03. The van der Waals surface area contributed by atoms with Crippen LogP contribution in [0.4, 0.5) is 0 Å². The summed E-state index contributed by atoms with van der Waals surface area (Å²) in [6.07, 6.45) is 1.97. The van der Waals surface area contributed by atoms with Gasteiger partial charge < -0.3 is 8.98 Å². The number of aromatic nitrogens is 1. The average molecular weight is 255 g/mol. The fourth-order valence-electron chi connectivity index (χ4n) is 2.41. The summed E-state index contributed by atoms with van der Waals surface area (Å²) in [7, 11) is 1.89. The molecule has 2 heterocycles. The van der Waals surface area contributed by atoms with Gasteiger partial charge in [-0.05, 0) is 6.07 Å². The van der Waals surface area contributed by atoms with E-state index in [4.69, 9.17) is 4.42 Å². The molecule has 0 saturated carbocycles. The second-order valence-electron chi connectivity index (χ2n) is 6.01. The quantitative estimate of drug-likeness (QED) is 0.612. The molecule has 0 aliphatic rings. The first-order chi connectivity index (χ1) is 8.89. The van der Waals surface area contributed by atoms with Gasteiger partial charge in [-0.15, -0.1) is 0 Å². The number of rotatable bonds is 1. The molecule has 3 aromatic rings. The SMILES string of the molecule is Cn1cc2c(oc3ccccc32)c1C(=O)C(C)(C)C. The van der Waals surface area contributed by atoms with Crippen molar-refractivity contribution in [2.75, 3.05) is 0 Å². The summed E-state index contributed by atoms with van der Waals surface area (Å²) in [4.78, 5) is 12.6. The van der Waals surface area contributed by atoms with E-state index in [-0.39, 0.29) is 5.78 Å². The summed E-state index contributed by atoms with van der Waals surface area (Å²) in [5.74, 6) is 0.101. The lowest BCUT2D eigenvalue weighted by Gasteiger charge is -2.16. The van der Waals surface area contributed by atoms with Gasteiger partial charge in [-0.2, -0.15) is 0 Å². The predicted molar refractivity (Wildman–Crippen MR) is 76.5 cm³/mol. The average Bonchev–Trinajstić information content (AvgIpc) is 2.82. The van der Waals surface area contributed by atoms with E-state index in [0.717, 1.165) is 16.4 Å². The number of hydrogen-bond acceptors (Lipinski definition) is 2. The number of nitrogens with zero attached hydrogens (tertiary/aromatic N) is 1. The summed E-state index contributed by atoms with van der Waals surface area (Å²) < 4.78 is 7.75. The van der Waals surface area contributed by atoms with E-state index in [1.807, 2.05) is 62.8 Å². The molecule has 98 valence electrons. The fraction of sp³-hybridized carbons (Fsp3) is 0.312. The minimum atomic E-state index is -0.419. The van der Waals surface area contributed by atoms with Crippen molar-refractivity contribution in [3.8, 4) is 0 Å². The summed E-state index contributed by atoms with van der Waals surface area (Å²) >= 11 is 0. The van der Waals surface area contributed by atoms with Crippen molar-refractivity contribution in [1.82, 2.24) is 4.57 Å². The van der Waals surface area contributed by atoms with E-state index in [1.54, 1.807) is 0 Å². The molecule has 19 heavy (non-hydrogen) atoms. The Balaban J connectivity index is 2.36. The van der Waals surface area contributed by atoms with E-state index >= 15 is 0 Å². The third-order valence-corrected chi connectivity index (χ3v) is 3.42. The maximum atomic E-state index is 12.6. The van der Waals surface area contributed by atoms with Crippen molar-refractivity contribution in [2.45, 2.75) is 20.8 Å². The Morgan fingerprint density at radius 3 is 2.53 bits per heavy atom. The van der Waals surface area contributed by atoms with Crippen LogP contribution in [0.3, 0.4) is 0 Å². The van der Waals surface area contributed by atoms with Crippen LogP contribution >= 0.6 is 0 Å². The zero-order valence-electron chi connectivity index (χ0n) is 11.7. The monoisotopic (exact) mass is 255 g/mol. The Morgan fingerprint density at radius 2 is 1.84 bits per heavy atom. The Labute approximate surface area is 111 Å². The van der Waals surface area contributed by atoms with E-state index in [1.165, 1.54) is 0 Å². The Kier molecular flexibility index (Phi) is 2.36. The molecule has 0 fully saturated rings. The van der Waals surface area contributed by atoms with Gasteiger partial charge >= 0.3 is 0 Å². The predicted octanol–water partition coefficient (Wildman–Crippen LogP) is 4.15. The minimum absolute atomic E-state index is 0.101. The number of fused-ring (bicyclic) bond motifs is 3. The molecule has 0 saturated heterocycles. The molecule has 3 heteroatoms. The van der Waals surface area contributed by atoms with Crippen LogP contribution in [0.25, 0.3) is 21.9 Å². The maximum absolute atomic E-state index is 12.6. The second kappa shape index (κ2) is 3.73. The largest absolute Gasteiger partial charge is 0.454 e. The lowest BCUT2D eigenvalue weighted by Crippen LogP contribution is -2.22. The van der Waals surface area contributed by atoms with Crippen LogP contribution in [0.15, 0.2) is 34.9 Å². The molecule has 0 N–H and O–H groups in total. The number of benzene rings is 1. The van der Waals surface area contributed by atoms with Crippen LogP contribution in [0.5, 0.6) is 0 Å². The highest BCUT2D eigenvalue weighted by Gasteiger charge is 2.29. The summed E-state index contributed by atoms with van der Waals surface area (Å²) in [5.41, 5.74) is 1.76. The molecule has 0 aliphatic heterocycles. The van der Waals surface area contributed by atoms with Crippen molar-refractivity contribution in [2.24, 2.45) is 12.5 Å². The highest BCUT2D eigenvalue weighted by atomic mass is 16.3. The summed E-state index contributed by atoms with van der Waals surface area (Å²) in [6.45, 7) is 5.78. The molecule has 0 spiro atoms. The van der Waals surface area contributed by atoms with Crippen LogP contribution < -0.4 is 0 Å². The first-order valence-corrected chi connectivity index (χ1v) is 6.41. The Bertz CT molecular complexity index is 784. The van der Waals surface area contributed by atoms with Crippen LogP contribution in [0, 0.1) is 5.41 Å². The lowest BCUT2D eigenvalue weighted by atomic mass is 9.89. The number of ketones is 1. The lowest BCUT2D eigenvalue weighted by molar-refractivity contribution is 0.0850. The van der Waals surface area contributed by atoms with Crippen LogP contribution in [0.2, 0.25) is 0 Å². The molecule has 3 rings (SSSR count). The highest BCUT2D eigenvalue weighted by Crippen LogP contribution is 2.34. The molecular formula is C16H17NO2. The molecule has 0 aliphatic carbocycles. The normalized spacial score (nSPS) is 12.4. The third-order valence-electron chi connectivity index (χ3n) is 3.42. The van der Waals surface area contributed by atoms with Crippen molar-refractivity contribution < 1.29 is 9.21 Å². The van der Waals surface area contributed by atoms with Crippen LogP contribution in [0.1, 0.15) is 31.3 Å². The number of para-hydroxylation sites is 1. The van der Waals surface area contributed by atoms with Crippen LogP contribution in [-0.4, -0.2) is 10.4 Å². The van der Waals surface area contributed by atoms with Gasteiger partial charge in [0, 0.05) is 29.4 Å². The van der Waals surface area contributed by atoms with Gasteiger partial charge in [0.25, 0.3) is 0 Å². The first-order valence-electron chi connectivity index (χ1n) is 6.41. The molecule has 0 radical (unpaired) electrons. The number of furan rings is 1. The van der Waals surface area contributed by atoms with Gasteiger partial charge in [-0.1, -0.05) is 39.0 Å². The van der Waals surface area contributed by atoms with Gasteiger partial charge in [0.15, 0.2) is 11.4 Å². The van der Waals surface area contributed by atoms with Gasteiger partial charge in [-0.3, -0.25) is 4.79 Å². The standard InChI is InChI=1S/C16H17NO2/c1-16(2,3)15(18)13-14-11(9-17(13)4)10-7-5-6-8-12(10)19-14/h5-9H,1-4H3. The van der Waals surface area contributed by atoms with E-state index < -0.39 is 5.41 Å². The molecule has 0 unspecified atom stereocenters. The number of hydrogen-bond donors (Lipinski definition) is 0. The summed E-state index contributed by atoms with van der Waals surface area (Å²) in [6, 6.07) is 7.87. The third kappa shape index (κ3) is 1.69. The van der Waals surface area contributed by atoms with Gasteiger partial charge in [0.2, 0.25) is 0 Å². The number of Topliss-reactive ketones (excluding diaryl/α,β-unsaturated/α-hetero) is 1. The molecule has 0 amide bonds. The molecular weight excluding hydrogens is 238 g/mol. The zero-order valence-corrected chi connectivity index (χ0v) is 11.7. The van der Waals surface area contributed by atoms with Gasteiger partial charge in [0.1, 0.15) is 11.3 Å². The van der Waals surface area contributed by atoms with Gasteiger partial charge in [-0.25, -0.2) is 0 Å². The number of carbonyl (C=O) groups is 1. The molecule has 0 atom stereocenters. The number of aryl methyl sites for hydroxylation is 1. The van der Waals surface area contributed by atoms with Crippen molar-refractivity contribution >= 4 is 27.7 Å². The minimum Gasteiger partial charge on any atom is -0.454 e. The van der Waals surface area contributed by atoms with E-state index in [0.29, 0.717) is 11.3 Å². The smallest absolute Gasteiger partial charge is 0.188 e. The second-order valence-corrected chi connectivity index (χ2v) is 6.01. The summed E-state index contributed by atoms with van der Waals surface area (Å²) in [5, 5.41) is 2.06. The van der Waals surface area contributed by atoms with Crippen LogP contribution in [-0.2, 0) is 7.05 Å². The molecule has 1 aromatic carbocycles. The van der Waals surface area contributed by atoms with E-state index in [2.05, 4.69) is 0 Å². The van der Waals surface area contributed by atoms with Gasteiger partial charge in [0.05, 0.1) is 0 Å². The molecule has 0 bridgehead atoms. The number of carbonyl (C=O) groups excluding carboxylic acids is 1. The topological polar surface area (TPSA) is 35.1 Å².